The van der Waals surface area contributed by atoms with E-state index in [-0.39, 0.29) is 0 Å². The molecule has 0 amide bonds. The molecule has 0 bridgehead atoms. The molecule has 1 saturated heterocycles. The van der Waals surface area contributed by atoms with Crippen molar-refractivity contribution in [3.8, 4) is 0 Å². The molecule has 114 valence electrons. The summed E-state index contributed by atoms with van der Waals surface area (Å²) in [5.74, 6) is 1.18. The molecule has 21 heavy (non-hydrogen) atoms. The average Bonchev–Trinajstić information content (AvgIpc) is 3.39. The van der Waals surface area contributed by atoms with E-state index in [1.807, 2.05) is 6.20 Å². The molecule has 3 aliphatic rings. The summed E-state index contributed by atoms with van der Waals surface area (Å²) in [7, 11) is 0. The first-order chi connectivity index (χ1) is 10.3. The minimum atomic E-state index is 0.739. The van der Waals surface area contributed by atoms with Gasteiger partial charge in [-0.2, -0.15) is 0 Å². The maximum absolute atomic E-state index is 4.71. The monoisotopic (exact) mass is 350 g/mol. The van der Waals surface area contributed by atoms with Crippen molar-refractivity contribution in [2.75, 3.05) is 31.1 Å². The maximum atomic E-state index is 4.71. The zero-order chi connectivity index (χ0) is 14.2. The van der Waals surface area contributed by atoms with Crippen molar-refractivity contribution in [1.29, 1.82) is 0 Å². The SMILES string of the molecule is Brc1cnc(N2CCN(C3CC3)CC2)c(CNC2CC2)c1. The van der Waals surface area contributed by atoms with Crippen LogP contribution in [-0.2, 0) is 6.54 Å². The van der Waals surface area contributed by atoms with Crippen LogP contribution in [0.25, 0.3) is 0 Å². The Kier molecular flexibility index (Phi) is 3.90. The first-order valence-corrected chi connectivity index (χ1v) is 8.96. The minimum Gasteiger partial charge on any atom is -0.354 e. The second-order valence-corrected chi connectivity index (χ2v) is 7.46. The third kappa shape index (κ3) is 3.41. The van der Waals surface area contributed by atoms with Crippen molar-refractivity contribution in [3.63, 3.8) is 0 Å². The number of hydrogen-bond donors (Lipinski definition) is 1. The molecule has 2 saturated carbocycles. The fraction of sp³-hybridized carbons (Fsp3) is 0.688. The lowest BCUT2D eigenvalue weighted by atomic mass is 10.2. The number of pyridine rings is 1. The predicted octanol–water partition coefficient (Wildman–Crippen LogP) is 2.38. The molecule has 4 rings (SSSR count). The Morgan fingerprint density at radius 1 is 1.14 bits per heavy atom. The quantitative estimate of drug-likeness (QED) is 0.883. The van der Waals surface area contributed by atoms with Crippen molar-refractivity contribution in [2.45, 2.75) is 44.3 Å². The van der Waals surface area contributed by atoms with Crippen LogP contribution in [0.15, 0.2) is 16.7 Å². The fourth-order valence-electron chi connectivity index (χ4n) is 3.17. The molecule has 0 unspecified atom stereocenters. The Morgan fingerprint density at radius 2 is 1.90 bits per heavy atom. The number of nitrogens with one attached hydrogen (secondary N) is 1. The molecule has 1 aromatic heterocycles. The number of hydrogen-bond acceptors (Lipinski definition) is 4. The molecule has 1 N–H and O–H groups in total. The van der Waals surface area contributed by atoms with E-state index in [0.717, 1.165) is 36.2 Å². The molecule has 1 aromatic rings. The Labute approximate surface area is 135 Å². The highest BCUT2D eigenvalue weighted by Gasteiger charge is 2.32. The number of piperazine rings is 1. The summed E-state index contributed by atoms with van der Waals surface area (Å²) in [5.41, 5.74) is 1.33. The Morgan fingerprint density at radius 3 is 2.57 bits per heavy atom. The van der Waals surface area contributed by atoms with E-state index in [0.29, 0.717) is 0 Å². The van der Waals surface area contributed by atoms with Crippen molar-refractivity contribution < 1.29 is 0 Å². The van der Waals surface area contributed by atoms with Crippen LogP contribution < -0.4 is 10.2 Å². The van der Waals surface area contributed by atoms with Gasteiger partial charge in [-0.1, -0.05) is 0 Å². The second kappa shape index (κ2) is 5.86. The first kappa shape index (κ1) is 14.0. The van der Waals surface area contributed by atoms with Crippen LogP contribution in [0, 0.1) is 0 Å². The molecule has 3 fully saturated rings. The highest BCUT2D eigenvalue weighted by Crippen LogP contribution is 2.29. The highest BCUT2D eigenvalue weighted by molar-refractivity contribution is 9.10. The predicted molar refractivity (Wildman–Crippen MR) is 88.6 cm³/mol. The van der Waals surface area contributed by atoms with Crippen LogP contribution in [0.1, 0.15) is 31.2 Å². The summed E-state index contributed by atoms with van der Waals surface area (Å²) in [6, 6.07) is 3.86. The summed E-state index contributed by atoms with van der Waals surface area (Å²) >= 11 is 3.56. The van der Waals surface area contributed by atoms with Crippen LogP contribution in [0.2, 0.25) is 0 Å². The van der Waals surface area contributed by atoms with Gasteiger partial charge in [0, 0.05) is 61.0 Å². The number of anilines is 1. The Bertz CT molecular complexity index is 505. The van der Waals surface area contributed by atoms with Gasteiger partial charge in [0.25, 0.3) is 0 Å². The van der Waals surface area contributed by atoms with Gasteiger partial charge in [0.15, 0.2) is 0 Å². The van der Waals surface area contributed by atoms with Crippen molar-refractivity contribution in [1.82, 2.24) is 15.2 Å². The Balaban J connectivity index is 1.45. The van der Waals surface area contributed by atoms with Gasteiger partial charge in [0.05, 0.1) is 0 Å². The molecule has 0 aromatic carbocycles. The molecule has 0 spiro atoms. The highest BCUT2D eigenvalue weighted by atomic mass is 79.9. The number of halogens is 1. The number of nitrogens with zero attached hydrogens (tertiary/aromatic N) is 3. The summed E-state index contributed by atoms with van der Waals surface area (Å²) in [6.45, 7) is 5.55. The van der Waals surface area contributed by atoms with Gasteiger partial charge in [0.2, 0.25) is 0 Å². The smallest absolute Gasteiger partial charge is 0.133 e. The van der Waals surface area contributed by atoms with Gasteiger partial charge in [-0.3, -0.25) is 4.90 Å². The number of rotatable bonds is 5. The molecule has 1 aliphatic heterocycles. The Hall–Kier alpha value is -0.650. The molecule has 5 heteroatoms. The molecular weight excluding hydrogens is 328 g/mol. The van der Waals surface area contributed by atoms with E-state index in [1.165, 1.54) is 50.2 Å². The van der Waals surface area contributed by atoms with Crippen LogP contribution in [0.5, 0.6) is 0 Å². The lowest BCUT2D eigenvalue weighted by molar-refractivity contribution is 0.247. The van der Waals surface area contributed by atoms with E-state index in [4.69, 9.17) is 4.98 Å². The van der Waals surface area contributed by atoms with E-state index in [1.54, 1.807) is 0 Å². The lowest BCUT2D eigenvalue weighted by Gasteiger charge is -2.36. The van der Waals surface area contributed by atoms with Gasteiger partial charge >= 0.3 is 0 Å². The van der Waals surface area contributed by atoms with E-state index in [2.05, 4.69) is 37.1 Å². The van der Waals surface area contributed by atoms with Gasteiger partial charge < -0.3 is 10.2 Å². The first-order valence-electron chi connectivity index (χ1n) is 8.16. The standard InChI is InChI=1S/C16H23BrN4/c17-13-9-12(10-18-14-1-2-14)16(19-11-13)21-7-5-20(6-8-21)15-3-4-15/h9,11,14-15,18H,1-8,10H2. The van der Waals surface area contributed by atoms with Crippen molar-refractivity contribution in [2.24, 2.45) is 0 Å². The van der Waals surface area contributed by atoms with E-state index >= 15 is 0 Å². The zero-order valence-electron chi connectivity index (χ0n) is 12.4. The van der Waals surface area contributed by atoms with E-state index < -0.39 is 0 Å². The molecular formula is C16H23BrN4. The van der Waals surface area contributed by atoms with Gasteiger partial charge in [-0.05, 0) is 47.7 Å². The molecule has 0 radical (unpaired) electrons. The van der Waals surface area contributed by atoms with Crippen molar-refractivity contribution >= 4 is 21.7 Å². The van der Waals surface area contributed by atoms with Gasteiger partial charge in [0.1, 0.15) is 5.82 Å². The maximum Gasteiger partial charge on any atom is 0.133 e. The third-order valence-electron chi connectivity index (χ3n) is 4.75. The van der Waals surface area contributed by atoms with E-state index in [9.17, 15) is 0 Å². The number of aromatic nitrogens is 1. The second-order valence-electron chi connectivity index (χ2n) is 6.55. The average molecular weight is 351 g/mol. The summed E-state index contributed by atoms with van der Waals surface area (Å²) < 4.78 is 1.08. The topological polar surface area (TPSA) is 31.4 Å². The van der Waals surface area contributed by atoms with Crippen LogP contribution in [-0.4, -0.2) is 48.1 Å². The normalized spacial score (nSPS) is 23.6. The zero-order valence-corrected chi connectivity index (χ0v) is 14.0. The third-order valence-corrected chi connectivity index (χ3v) is 5.18. The molecule has 2 heterocycles. The van der Waals surface area contributed by atoms with Gasteiger partial charge in [-0.15, -0.1) is 0 Å². The molecule has 4 nitrogen and oxygen atoms in total. The lowest BCUT2D eigenvalue weighted by Crippen LogP contribution is -2.47. The van der Waals surface area contributed by atoms with Crippen LogP contribution in [0.4, 0.5) is 5.82 Å². The van der Waals surface area contributed by atoms with Gasteiger partial charge in [-0.25, -0.2) is 4.98 Å². The summed E-state index contributed by atoms with van der Waals surface area (Å²) in [6.07, 6.45) is 7.41. The minimum absolute atomic E-state index is 0.739. The largest absolute Gasteiger partial charge is 0.354 e. The summed E-state index contributed by atoms with van der Waals surface area (Å²) in [5, 5.41) is 3.62. The van der Waals surface area contributed by atoms with Crippen molar-refractivity contribution in [3.05, 3.63) is 22.3 Å². The summed E-state index contributed by atoms with van der Waals surface area (Å²) in [4.78, 5) is 9.82. The van der Waals surface area contributed by atoms with Crippen LogP contribution >= 0.6 is 15.9 Å². The molecule has 2 aliphatic carbocycles. The molecule has 0 atom stereocenters. The fourth-order valence-corrected chi connectivity index (χ4v) is 3.55. The van der Waals surface area contributed by atoms with Crippen LogP contribution in [0.3, 0.4) is 0 Å².